The van der Waals surface area contributed by atoms with Gasteiger partial charge < -0.3 is 20.4 Å². The minimum atomic E-state index is -0.602. The summed E-state index contributed by atoms with van der Waals surface area (Å²) >= 11 is 1.55. The van der Waals surface area contributed by atoms with Gasteiger partial charge in [0.2, 0.25) is 11.8 Å². The van der Waals surface area contributed by atoms with Crippen molar-refractivity contribution in [2.24, 2.45) is 0 Å². The van der Waals surface area contributed by atoms with Crippen LogP contribution in [0.15, 0.2) is 71.4 Å². The first-order chi connectivity index (χ1) is 18.5. The molecule has 0 radical (unpaired) electrons. The number of aromatic amines is 1. The van der Waals surface area contributed by atoms with Crippen LogP contribution >= 0.6 is 11.3 Å². The lowest BCUT2D eigenvalue weighted by molar-refractivity contribution is -0.128. The number of thiophene rings is 1. The number of hydrogen-bond acceptors (Lipinski definition) is 4. The number of rotatable bonds is 14. The molecule has 0 aliphatic carbocycles. The van der Waals surface area contributed by atoms with Gasteiger partial charge in [-0.2, -0.15) is 11.3 Å². The van der Waals surface area contributed by atoms with Crippen LogP contribution in [0, 0.1) is 0 Å². The lowest BCUT2D eigenvalue weighted by Crippen LogP contribution is -2.47. The van der Waals surface area contributed by atoms with E-state index in [4.69, 9.17) is 0 Å². The van der Waals surface area contributed by atoms with Gasteiger partial charge in [0.1, 0.15) is 11.8 Å². The van der Waals surface area contributed by atoms with E-state index in [2.05, 4.69) is 39.9 Å². The molecule has 4 rings (SSSR count). The fourth-order valence-corrected chi connectivity index (χ4v) is 5.41. The second kappa shape index (κ2) is 13.7. The van der Waals surface area contributed by atoms with Gasteiger partial charge in [0.05, 0.1) is 6.42 Å². The van der Waals surface area contributed by atoms with Gasteiger partial charge in [-0.25, -0.2) is 0 Å². The molecule has 0 fully saturated rings. The number of carbonyl (C=O) groups excluding carboxylic acids is 3. The number of unbranched alkanes of at least 4 members (excludes halogenated alkanes) is 2. The average molecular weight is 530 g/mol. The van der Waals surface area contributed by atoms with Gasteiger partial charge >= 0.3 is 0 Å². The van der Waals surface area contributed by atoms with Gasteiger partial charge in [-0.1, -0.05) is 61.4 Å². The molecule has 0 aliphatic heterocycles. The predicted octanol–water partition coefficient (Wildman–Crippen LogP) is 5.82. The van der Waals surface area contributed by atoms with Crippen LogP contribution < -0.4 is 10.6 Å². The number of nitrogens with one attached hydrogen (secondary N) is 3. The van der Waals surface area contributed by atoms with Crippen LogP contribution in [0.5, 0.6) is 0 Å². The zero-order valence-corrected chi connectivity index (χ0v) is 22.6. The van der Waals surface area contributed by atoms with Gasteiger partial charge in [0.15, 0.2) is 0 Å². The Morgan fingerprint density at radius 2 is 1.74 bits per heavy atom. The molecule has 0 saturated heterocycles. The van der Waals surface area contributed by atoms with Crippen LogP contribution in [0.25, 0.3) is 22.2 Å². The number of ketones is 1. The molecule has 7 heteroatoms. The zero-order chi connectivity index (χ0) is 26.7. The van der Waals surface area contributed by atoms with Gasteiger partial charge in [-0.3, -0.25) is 9.59 Å². The third-order valence-corrected chi connectivity index (χ3v) is 7.40. The number of para-hydroxylation sites is 1. The smallest absolute Gasteiger partial charge is 0.242 e. The number of aromatic nitrogens is 1. The van der Waals surface area contributed by atoms with E-state index in [-0.39, 0.29) is 24.0 Å². The Kier molecular flexibility index (Phi) is 9.87. The van der Waals surface area contributed by atoms with Crippen molar-refractivity contribution in [2.75, 3.05) is 6.54 Å². The Morgan fingerprint density at radius 1 is 0.947 bits per heavy atom. The Balaban J connectivity index is 1.40. The number of carbonyl (C=O) groups is 3. The summed E-state index contributed by atoms with van der Waals surface area (Å²) in [5.74, 6) is -0.151. The lowest BCUT2D eigenvalue weighted by atomic mass is 10.0. The highest BCUT2D eigenvalue weighted by Crippen LogP contribution is 2.30. The Morgan fingerprint density at radius 3 is 2.50 bits per heavy atom. The summed E-state index contributed by atoms with van der Waals surface area (Å²) in [6.45, 7) is 2.06. The summed E-state index contributed by atoms with van der Waals surface area (Å²) in [6.07, 6.45) is 4.43. The van der Waals surface area contributed by atoms with Crippen LogP contribution in [0.2, 0.25) is 0 Å². The fourth-order valence-electron chi connectivity index (χ4n) is 4.74. The SMILES string of the molecule is CC(=O)CCCCC[C@H](NC(=O)Cc1ccsc1)C(=O)NCCc1c(-c2ccccc2)[nH]c2ccccc12. The topological polar surface area (TPSA) is 91.1 Å². The number of benzene rings is 2. The zero-order valence-electron chi connectivity index (χ0n) is 21.8. The molecule has 1 atom stereocenters. The van der Waals surface area contributed by atoms with Crippen LogP contribution in [-0.2, 0) is 27.2 Å². The first-order valence-electron chi connectivity index (χ1n) is 13.2. The second-order valence-electron chi connectivity index (χ2n) is 9.66. The van der Waals surface area contributed by atoms with Crippen LogP contribution in [0.3, 0.4) is 0 Å². The molecule has 0 bridgehead atoms. The van der Waals surface area contributed by atoms with E-state index in [0.29, 0.717) is 25.8 Å². The second-order valence-corrected chi connectivity index (χ2v) is 10.4. The summed E-state index contributed by atoms with van der Waals surface area (Å²) in [5.41, 5.74) is 5.34. The molecule has 6 nitrogen and oxygen atoms in total. The molecule has 3 N–H and O–H groups in total. The van der Waals surface area contributed by atoms with Crippen molar-refractivity contribution in [1.82, 2.24) is 15.6 Å². The van der Waals surface area contributed by atoms with E-state index in [9.17, 15) is 14.4 Å². The monoisotopic (exact) mass is 529 g/mol. The molecule has 4 aromatic rings. The first kappa shape index (κ1) is 27.3. The highest BCUT2D eigenvalue weighted by Gasteiger charge is 2.21. The van der Waals surface area contributed by atoms with Crippen molar-refractivity contribution < 1.29 is 14.4 Å². The molecule has 0 saturated carbocycles. The third-order valence-electron chi connectivity index (χ3n) is 6.67. The maximum atomic E-state index is 13.2. The average Bonchev–Trinajstić information content (AvgIpc) is 3.56. The quantitative estimate of drug-likeness (QED) is 0.180. The van der Waals surface area contributed by atoms with Gasteiger partial charge in [0, 0.05) is 29.6 Å². The van der Waals surface area contributed by atoms with Crippen molar-refractivity contribution in [3.8, 4) is 11.3 Å². The highest BCUT2D eigenvalue weighted by atomic mass is 32.1. The van der Waals surface area contributed by atoms with Crippen molar-refractivity contribution in [3.05, 3.63) is 82.6 Å². The van der Waals surface area contributed by atoms with Crippen LogP contribution in [0.4, 0.5) is 0 Å². The molecule has 2 aromatic heterocycles. The summed E-state index contributed by atoms with van der Waals surface area (Å²) < 4.78 is 0. The number of hydrogen-bond donors (Lipinski definition) is 3. The van der Waals surface area contributed by atoms with E-state index < -0.39 is 6.04 Å². The van der Waals surface area contributed by atoms with Crippen molar-refractivity contribution in [2.45, 2.75) is 57.9 Å². The van der Waals surface area contributed by atoms with Crippen molar-refractivity contribution >= 4 is 39.8 Å². The molecule has 38 heavy (non-hydrogen) atoms. The van der Waals surface area contributed by atoms with Gasteiger partial charge in [0.25, 0.3) is 0 Å². The number of amides is 2. The van der Waals surface area contributed by atoms with E-state index in [0.717, 1.165) is 52.5 Å². The van der Waals surface area contributed by atoms with E-state index in [1.807, 2.05) is 47.2 Å². The largest absolute Gasteiger partial charge is 0.354 e. The van der Waals surface area contributed by atoms with Crippen molar-refractivity contribution in [1.29, 1.82) is 0 Å². The molecular formula is C31H35N3O3S. The Hall–Kier alpha value is -3.71. The standard InChI is InChI=1S/C31H35N3O3S/c1-22(35)10-4-2-7-15-28(33-29(36)20-23-17-19-38-21-23)31(37)32-18-16-26-25-13-8-9-14-27(25)34-30(26)24-11-5-3-6-12-24/h3,5-6,8-9,11-14,17,19,21,28,34H,2,4,7,10,15-16,18,20H2,1H3,(H,32,37)(H,33,36)/t28-/m0/s1. The molecule has 2 heterocycles. The molecule has 0 aliphatic rings. The predicted molar refractivity (Wildman–Crippen MR) is 154 cm³/mol. The summed E-state index contributed by atoms with van der Waals surface area (Å²) in [4.78, 5) is 40.7. The van der Waals surface area contributed by atoms with E-state index in [1.54, 1.807) is 18.3 Å². The molecule has 0 spiro atoms. The van der Waals surface area contributed by atoms with E-state index in [1.165, 1.54) is 0 Å². The molecule has 2 aromatic carbocycles. The maximum Gasteiger partial charge on any atom is 0.242 e. The maximum absolute atomic E-state index is 13.2. The minimum Gasteiger partial charge on any atom is -0.354 e. The minimum absolute atomic E-state index is 0.157. The van der Waals surface area contributed by atoms with Gasteiger partial charge in [-0.05, 0) is 65.8 Å². The molecule has 198 valence electrons. The third kappa shape index (κ3) is 7.65. The molecule has 0 unspecified atom stereocenters. The van der Waals surface area contributed by atoms with Crippen LogP contribution in [-0.4, -0.2) is 35.2 Å². The summed E-state index contributed by atoms with van der Waals surface area (Å²) in [7, 11) is 0. The first-order valence-corrected chi connectivity index (χ1v) is 14.2. The molecular weight excluding hydrogens is 494 g/mol. The van der Waals surface area contributed by atoms with E-state index >= 15 is 0 Å². The Bertz CT molecular complexity index is 1350. The fraction of sp³-hybridized carbons (Fsp3) is 0.323. The number of H-pyrrole nitrogens is 1. The Labute approximate surface area is 227 Å². The number of Topliss-reactive ketones (excluding diaryl/α,β-unsaturated/α-hetero) is 1. The van der Waals surface area contributed by atoms with Crippen LogP contribution in [0.1, 0.15) is 50.2 Å². The normalized spacial score (nSPS) is 11.8. The lowest BCUT2D eigenvalue weighted by Gasteiger charge is -2.19. The number of fused-ring (bicyclic) bond motifs is 1. The van der Waals surface area contributed by atoms with Crippen molar-refractivity contribution in [3.63, 3.8) is 0 Å². The summed E-state index contributed by atoms with van der Waals surface area (Å²) in [5, 5.41) is 11.0. The molecule has 2 amide bonds. The summed E-state index contributed by atoms with van der Waals surface area (Å²) in [6, 6.07) is 19.7. The van der Waals surface area contributed by atoms with Gasteiger partial charge in [-0.15, -0.1) is 0 Å². The highest BCUT2D eigenvalue weighted by molar-refractivity contribution is 7.08.